The zero-order chi connectivity index (χ0) is 19.7. The van der Waals surface area contributed by atoms with Gasteiger partial charge in [-0.25, -0.2) is 0 Å². The summed E-state index contributed by atoms with van der Waals surface area (Å²) in [7, 11) is 3.25. The Balaban J connectivity index is 2.74. The average molecular weight is 364 g/mol. The predicted octanol–water partition coefficient (Wildman–Crippen LogP) is 2.78. The highest BCUT2D eigenvalue weighted by Gasteiger charge is 2.18. The number of anilines is 1. The van der Waals surface area contributed by atoms with Crippen LogP contribution in [0.3, 0.4) is 0 Å². The van der Waals surface area contributed by atoms with Gasteiger partial charge in [-0.05, 0) is 38.2 Å². The summed E-state index contributed by atoms with van der Waals surface area (Å²) in [6.07, 6.45) is 0.902. The lowest BCUT2D eigenvalue weighted by Crippen LogP contribution is -2.31. The maximum absolute atomic E-state index is 12.4. The molecule has 1 N–H and O–H groups in total. The summed E-state index contributed by atoms with van der Waals surface area (Å²) in [5, 5.41) is 2.94. The number of nitrogens with one attached hydrogen (secondary N) is 1. The van der Waals surface area contributed by atoms with Gasteiger partial charge in [0.15, 0.2) is 0 Å². The van der Waals surface area contributed by atoms with Gasteiger partial charge >= 0.3 is 0 Å². The highest BCUT2D eigenvalue weighted by atomic mass is 16.5. The lowest BCUT2D eigenvalue weighted by molar-refractivity contribution is -0.121. The molecule has 1 aromatic carbocycles. The Morgan fingerprint density at radius 3 is 2.38 bits per heavy atom. The molecule has 1 rings (SSSR count). The summed E-state index contributed by atoms with van der Waals surface area (Å²) < 4.78 is 5.37. The van der Waals surface area contributed by atoms with E-state index in [0.717, 1.165) is 26.1 Å². The quantitative estimate of drug-likeness (QED) is 0.649. The molecule has 0 spiro atoms. The van der Waals surface area contributed by atoms with Crippen molar-refractivity contribution < 1.29 is 14.3 Å². The molecule has 0 atom stereocenters. The highest BCUT2D eigenvalue weighted by molar-refractivity contribution is 5.99. The number of ether oxygens (including phenoxy) is 1. The Bertz CT molecular complexity index is 598. The van der Waals surface area contributed by atoms with Gasteiger partial charge in [-0.15, -0.1) is 0 Å². The van der Waals surface area contributed by atoms with Crippen molar-refractivity contribution in [3.05, 3.63) is 23.8 Å². The van der Waals surface area contributed by atoms with Crippen molar-refractivity contribution in [2.75, 3.05) is 45.2 Å². The largest absolute Gasteiger partial charge is 0.496 e. The van der Waals surface area contributed by atoms with Crippen LogP contribution in [0.5, 0.6) is 5.75 Å². The lowest BCUT2D eigenvalue weighted by Gasteiger charge is -2.21. The third kappa shape index (κ3) is 6.02. The van der Waals surface area contributed by atoms with Crippen LogP contribution in [0.4, 0.5) is 5.69 Å². The van der Waals surface area contributed by atoms with Crippen molar-refractivity contribution in [3.63, 3.8) is 0 Å². The van der Waals surface area contributed by atoms with Crippen LogP contribution >= 0.6 is 0 Å². The Labute approximate surface area is 157 Å². The molecule has 0 saturated carbocycles. The number of nitrogens with zero attached hydrogens (tertiary/aromatic N) is 2. The molecule has 0 bridgehead atoms. The second-order valence-corrected chi connectivity index (χ2v) is 6.57. The third-order valence-corrected chi connectivity index (χ3v) is 4.47. The van der Waals surface area contributed by atoms with E-state index < -0.39 is 0 Å². The van der Waals surface area contributed by atoms with Gasteiger partial charge < -0.3 is 19.9 Å². The van der Waals surface area contributed by atoms with Crippen LogP contribution < -0.4 is 15.0 Å². The van der Waals surface area contributed by atoms with E-state index in [1.54, 1.807) is 30.1 Å². The second kappa shape index (κ2) is 10.8. The van der Waals surface area contributed by atoms with E-state index in [2.05, 4.69) is 24.1 Å². The third-order valence-electron chi connectivity index (χ3n) is 4.47. The van der Waals surface area contributed by atoms with Crippen molar-refractivity contribution in [1.29, 1.82) is 0 Å². The number of benzene rings is 1. The van der Waals surface area contributed by atoms with Crippen LogP contribution in [-0.4, -0.2) is 57.1 Å². The van der Waals surface area contributed by atoms with Gasteiger partial charge in [0.2, 0.25) is 5.91 Å². The van der Waals surface area contributed by atoms with Crippen molar-refractivity contribution in [1.82, 2.24) is 10.2 Å². The molecule has 146 valence electrons. The standard InChI is InChI=1S/C20H33N3O3/c1-7-23(8-2)13-9-12-21-19(24)17-11-10-16(14-18(17)26-6)22(5)20(25)15(3)4/h10-11,14-15H,7-9,12-13H2,1-6H3,(H,21,24). The van der Waals surface area contributed by atoms with E-state index in [0.29, 0.717) is 23.5 Å². The van der Waals surface area contributed by atoms with Crippen molar-refractivity contribution >= 4 is 17.5 Å². The van der Waals surface area contributed by atoms with Crippen molar-refractivity contribution in [2.45, 2.75) is 34.1 Å². The number of amides is 2. The molecule has 6 heteroatoms. The van der Waals surface area contributed by atoms with E-state index in [9.17, 15) is 9.59 Å². The fraction of sp³-hybridized carbons (Fsp3) is 0.600. The minimum atomic E-state index is -0.161. The lowest BCUT2D eigenvalue weighted by atomic mass is 10.1. The molecule has 0 aromatic heterocycles. The van der Waals surface area contributed by atoms with E-state index in [1.807, 2.05) is 13.8 Å². The Hall–Kier alpha value is -2.08. The molecule has 0 heterocycles. The van der Waals surface area contributed by atoms with Gasteiger partial charge in [-0.1, -0.05) is 27.7 Å². The fourth-order valence-electron chi connectivity index (χ4n) is 2.73. The molecule has 0 aliphatic rings. The molecular formula is C20H33N3O3. The summed E-state index contributed by atoms with van der Waals surface area (Å²) in [4.78, 5) is 28.5. The van der Waals surface area contributed by atoms with Gasteiger partial charge in [0.05, 0.1) is 12.7 Å². The minimum absolute atomic E-state index is 0.0145. The first kappa shape index (κ1) is 22.0. The van der Waals surface area contributed by atoms with Gasteiger partial charge in [0.25, 0.3) is 5.91 Å². The van der Waals surface area contributed by atoms with E-state index in [-0.39, 0.29) is 17.7 Å². The van der Waals surface area contributed by atoms with Crippen LogP contribution in [0.2, 0.25) is 0 Å². The van der Waals surface area contributed by atoms with Crippen LogP contribution in [-0.2, 0) is 4.79 Å². The van der Waals surface area contributed by atoms with Crippen LogP contribution in [0.25, 0.3) is 0 Å². The SMILES string of the molecule is CCN(CC)CCCNC(=O)c1ccc(N(C)C(=O)C(C)C)cc1OC. The maximum atomic E-state index is 12.4. The minimum Gasteiger partial charge on any atom is -0.496 e. The number of hydrogen-bond acceptors (Lipinski definition) is 4. The Kier molecular flexibility index (Phi) is 9.13. The number of carbonyl (C=O) groups is 2. The van der Waals surface area contributed by atoms with Gasteiger partial charge in [0, 0.05) is 31.3 Å². The molecule has 6 nitrogen and oxygen atoms in total. The summed E-state index contributed by atoms with van der Waals surface area (Å²) >= 11 is 0. The smallest absolute Gasteiger partial charge is 0.255 e. The molecule has 2 amide bonds. The molecule has 0 unspecified atom stereocenters. The topological polar surface area (TPSA) is 61.9 Å². The van der Waals surface area contributed by atoms with Crippen molar-refractivity contribution in [3.8, 4) is 5.75 Å². The average Bonchev–Trinajstić information content (AvgIpc) is 2.66. The first-order chi connectivity index (χ1) is 12.3. The van der Waals surface area contributed by atoms with E-state index >= 15 is 0 Å². The summed E-state index contributed by atoms with van der Waals surface area (Å²) in [6, 6.07) is 5.21. The molecule has 26 heavy (non-hydrogen) atoms. The normalized spacial score (nSPS) is 10.9. The molecule has 1 aromatic rings. The molecule has 0 aliphatic heterocycles. The zero-order valence-electron chi connectivity index (χ0n) is 17.0. The van der Waals surface area contributed by atoms with Gasteiger partial charge in [0.1, 0.15) is 5.75 Å². The summed E-state index contributed by atoms with van der Waals surface area (Å²) in [6.45, 7) is 11.6. The summed E-state index contributed by atoms with van der Waals surface area (Å²) in [5.41, 5.74) is 1.18. The molecular weight excluding hydrogens is 330 g/mol. The fourth-order valence-corrected chi connectivity index (χ4v) is 2.73. The Morgan fingerprint density at radius 2 is 1.85 bits per heavy atom. The highest BCUT2D eigenvalue weighted by Crippen LogP contribution is 2.26. The second-order valence-electron chi connectivity index (χ2n) is 6.57. The number of methoxy groups -OCH3 is 1. The maximum Gasteiger partial charge on any atom is 0.255 e. The first-order valence-electron chi connectivity index (χ1n) is 9.31. The predicted molar refractivity (Wildman–Crippen MR) is 106 cm³/mol. The number of carbonyl (C=O) groups excluding carboxylic acids is 2. The Morgan fingerprint density at radius 1 is 1.19 bits per heavy atom. The van der Waals surface area contributed by atoms with E-state index in [1.165, 1.54) is 7.11 Å². The summed E-state index contributed by atoms with van der Waals surface area (Å²) in [5.74, 6) is 0.221. The van der Waals surface area contributed by atoms with Crippen LogP contribution in [0, 0.1) is 5.92 Å². The monoisotopic (exact) mass is 363 g/mol. The molecule has 0 aliphatic carbocycles. The zero-order valence-corrected chi connectivity index (χ0v) is 17.0. The van der Waals surface area contributed by atoms with Crippen LogP contribution in [0.1, 0.15) is 44.5 Å². The number of hydrogen-bond donors (Lipinski definition) is 1. The first-order valence-corrected chi connectivity index (χ1v) is 9.31. The molecule has 0 saturated heterocycles. The molecule has 0 radical (unpaired) electrons. The van der Waals surface area contributed by atoms with Gasteiger partial charge in [-0.2, -0.15) is 0 Å². The van der Waals surface area contributed by atoms with Crippen molar-refractivity contribution in [2.24, 2.45) is 5.92 Å². The molecule has 0 fully saturated rings. The van der Waals surface area contributed by atoms with E-state index in [4.69, 9.17) is 4.74 Å². The van der Waals surface area contributed by atoms with Crippen LogP contribution in [0.15, 0.2) is 18.2 Å². The van der Waals surface area contributed by atoms with Gasteiger partial charge in [-0.3, -0.25) is 9.59 Å². The number of rotatable bonds is 10.